The van der Waals surface area contributed by atoms with Crippen LogP contribution in [0.5, 0.6) is 5.75 Å². The summed E-state index contributed by atoms with van der Waals surface area (Å²) in [4.78, 5) is 29.0. The predicted molar refractivity (Wildman–Crippen MR) is 141 cm³/mol. The molecule has 3 aromatic heterocycles. The second-order valence-corrected chi connectivity index (χ2v) is 9.55. The highest BCUT2D eigenvalue weighted by atomic mass is 32.1. The largest absolute Gasteiger partial charge is 0.471 e. The first-order valence-electron chi connectivity index (χ1n) is 11.5. The lowest BCUT2D eigenvalue weighted by molar-refractivity contribution is -0.140. The van der Waals surface area contributed by atoms with Crippen molar-refractivity contribution < 1.29 is 27.5 Å². The van der Waals surface area contributed by atoms with Gasteiger partial charge in [0, 0.05) is 11.6 Å². The van der Waals surface area contributed by atoms with Gasteiger partial charge in [0.05, 0.1) is 5.69 Å². The second kappa shape index (κ2) is 10.2. The Hall–Kier alpha value is -4.71. The topological polar surface area (TPSA) is 112 Å². The van der Waals surface area contributed by atoms with Crippen molar-refractivity contribution >= 4 is 39.1 Å². The number of hydrogen-bond acceptors (Lipinski definition) is 6. The molecule has 2 amide bonds. The molecule has 8 nitrogen and oxygen atoms in total. The first kappa shape index (κ1) is 25.9. The van der Waals surface area contributed by atoms with Crippen LogP contribution in [-0.2, 0) is 12.9 Å². The molecule has 0 aliphatic heterocycles. The van der Waals surface area contributed by atoms with Crippen LogP contribution in [0.25, 0.3) is 21.3 Å². The van der Waals surface area contributed by atoms with Crippen molar-refractivity contribution in [2.24, 2.45) is 5.73 Å². The van der Waals surface area contributed by atoms with E-state index in [9.17, 15) is 22.8 Å². The van der Waals surface area contributed by atoms with E-state index in [2.05, 4.69) is 15.4 Å². The number of primary amides is 1. The number of hydrogen-bond donors (Lipinski definition) is 2. The van der Waals surface area contributed by atoms with Gasteiger partial charge < -0.3 is 15.8 Å². The van der Waals surface area contributed by atoms with Gasteiger partial charge in [-0.1, -0.05) is 48.0 Å². The van der Waals surface area contributed by atoms with Gasteiger partial charge in [0.2, 0.25) is 0 Å². The summed E-state index contributed by atoms with van der Waals surface area (Å²) >= 11 is 0.676. The summed E-state index contributed by atoms with van der Waals surface area (Å²) in [6.07, 6.45) is -3.20. The van der Waals surface area contributed by atoms with Crippen molar-refractivity contribution in [3.63, 3.8) is 0 Å². The number of aromatic nitrogens is 3. The molecule has 198 valence electrons. The lowest BCUT2D eigenvalue weighted by Crippen LogP contribution is -2.18. The van der Waals surface area contributed by atoms with Crippen LogP contribution in [0.15, 0.2) is 72.9 Å². The summed E-state index contributed by atoms with van der Waals surface area (Å²) in [5, 5.41) is 7.00. The Balaban J connectivity index is 1.54. The number of nitrogens with one attached hydrogen (secondary N) is 1. The van der Waals surface area contributed by atoms with Gasteiger partial charge in [0.1, 0.15) is 21.2 Å². The summed E-state index contributed by atoms with van der Waals surface area (Å²) in [6, 6.07) is 18.2. The Morgan fingerprint density at radius 1 is 1.08 bits per heavy atom. The fourth-order valence-corrected chi connectivity index (χ4v) is 4.89. The number of aryl methyl sites for hydroxylation is 1. The summed E-state index contributed by atoms with van der Waals surface area (Å²) in [5.41, 5.74) is 5.90. The van der Waals surface area contributed by atoms with E-state index in [0.717, 1.165) is 11.6 Å². The van der Waals surface area contributed by atoms with Crippen molar-refractivity contribution in [2.75, 3.05) is 5.32 Å². The molecule has 3 N–H and O–H groups in total. The molecule has 0 radical (unpaired) electrons. The number of halogens is 3. The second-order valence-electron chi connectivity index (χ2n) is 8.55. The number of benzene rings is 2. The average molecular weight is 552 g/mol. The molecule has 0 unspecified atom stereocenters. The third-order valence-corrected chi connectivity index (χ3v) is 6.86. The molecule has 39 heavy (non-hydrogen) atoms. The minimum absolute atomic E-state index is 0.00168. The zero-order valence-electron chi connectivity index (χ0n) is 20.3. The van der Waals surface area contributed by atoms with Crippen molar-refractivity contribution in [3.05, 3.63) is 94.8 Å². The van der Waals surface area contributed by atoms with E-state index in [1.54, 1.807) is 36.4 Å². The fourth-order valence-electron chi connectivity index (χ4n) is 3.89. The molecular weight excluding hydrogens is 531 g/mol. The molecule has 0 aliphatic carbocycles. The van der Waals surface area contributed by atoms with Crippen LogP contribution in [-0.4, -0.2) is 26.6 Å². The van der Waals surface area contributed by atoms with Gasteiger partial charge >= 0.3 is 6.18 Å². The summed E-state index contributed by atoms with van der Waals surface area (Å²) in [6.45, 7) is 1.88. The highest BCUT2D eigenvalue weighted by Crippen LogP contribution is 2.43. The van der Waals surface area contributed by atoms with E-state index in [1.807, 2.05) is 25.1 Å². The zero-order valence-corrected chi connectivity index (χ0v) is 21.1. The lowest BCUT2D eigenvalue weighted by Gasteiger charge is -2.12. The van der Waals surface area contributed by atoms with E-state index >= 15 is 0 Å². The molecule has 0 fully saturated rings. The zero-order chi connectivity index (χ0) is 27.7. The number of pyridine rings is 1. The first-order valence-corrected chi connectivity index (χ1v) is 12.4. The highest BCUT2D eigenvalue weighted by Gasteiger charge is 2.35. The van der Waals surface area contributed by atoms with Gasteiger partial charge in [-0.05, 0) is 42.3 Å². The Bertz CT molecular complexity index is 1680. The number of amides is 2. The number of carbonyl (C=O) groups excluding carboxylic acids is 2. The molecule has 0 atom stereocenters. The number of fused-ring (bicyclic) bond motifs is 1. The van der Waals surface area contributed by atoms with Crippen LogP contribution in [0.4, 0.5) is 18.9 Å². The average Bonchev–Trinajstić information content (AvgIpc) is 3.53. The molecule has 3 heterocycles. The molecule has 0 saturated heterocycles. The number of rotatable bonds is 7. The van der Waals surface area contributed by atoms with Crippen LogP contribution < -0.4 is 15.8 Å². The molecule has 5 rings (SSSR count). The Morgan fingerprint density at radius 3 is 2.46 bits per heavy atom. The summed E-state index contributed by atoms with van der Waals surface area (Å²) < 4.78 is 48.1. The monoisotopic (exact) mass is 551 g/mol. The Kier molecular flexibility index (Phi) is 6.79. The van der Waals surface area contributed by atoms with Gasteiger partial charge in [0.25, 0.3) is 11.8 Å². The van der Waals surface area contributed by atoms with Crippen molar-refractivity contribution in [2.45, 2.75) is 19.8 Å². The van der Waals surface area contributed by atoms with Crippen molar-refractivity contribution in [3.8, 4) is 16.9 Å². The SMILES string of the molecule is Cc1ccc(-c2cc(C(F)(F)F)nc3sc(C(N)=O)c(NC(=O)c4ccn(COc5ccccc5)n4)c23)cc1. The number of nitrogens with two attached hydrogens (primary N) is 1. The number of nitrogens with zero attached hydrogens (tertiary/aromatic N) is 3. The minimum Gasteiger partial charge on any atom is -0.471 e. The maximum atomic E-state index is 13.7. The van der Waals surface area contributed by atoms with E-state index in [4.69, 9.17) is 10.5 Å². The van der Waals surface area contributed by atoms with Gasteiger partial charge in [-0.3, -0.25) is 9.59 Å². The normalized spacial score (nSPS) is 11.5. The van der Waals surface area contributed by atoms with Gasteiger partial charge in [-0.2, -0.15) is 18.3 Å². The number of thiophene rings is 1. The number of ether oxygens (including phenoxy) is 1. The molecule has 0 aliphatic rings. The van der Waals surface area contributed by atoms with Gasteiger partial charge in [-0.15, -0.1) is 11.3 Å². The Labute approximate surface area is 223 Å². The van der Waals surface area contributed by atoms with Crippen LogP contribution >= 0.6 is 11.3 Å². The molecule has 0 spiro atoms. The van der Waals surface area contributed by atoms with Crippen LogP contribution in [0.1, 0.15) is 31.4 Å². The predicted octanol–water partition coefficient (Wildman–Crippen LogP) is 5.87. The maximum absolute atomic E-state index is 13.7. The van der Waals surface area contributed by atoms with Crippen LogP contribution in [0, 0.1) is 6.92 Å². The fraction of sp³-hybridized carbons (Fsp3) is 0.111. The molecule has 0 bridgehead atoms. The van der Waals surface area contributed by atoms with E-state index in [1.165, 1.54) is 16.9 Å². The van der Waals surface area contributed by atoms with Crippen molar-refractivity contribution in [1.82, 2.24) is 14.8 Å². The molecule has 0 saturated carbocycles. The highest BCUT2D eigenvalue weighted by molar-refractivity contribution is 7.21. The van der Waals surface area contributed by atoms with Crippen LogP contribution in [0.2, 0.25) is 0 Å². The first-order chi connectivity index (χ1) is 18.6. The minimum atomic E-state index is -4.73. The number of anilines is 1. The lowest BCUT2D eigenvalue weighted by atomic mass is 10.00. The molecule has 2 aromatic carbocycles. The maximum Gasteiger partial charge on any atom is 0.433 e. The molecule has 12 heteroatoms. The van der Waals surface area contributed by atoms with Gasteiger partial charge in [0.15, 0.2) is 12.4 Å². The molecule has 5 aromatic rings. The summed E-state index contributed by atoms with van der Waals surface area (Å²) in [5.74, 6) is -0.992. The Morgan fingerprint density at radius 2 is 1.79 bits per heavy atom. The quantitative estimate of drug-likeness (QED) is 0.263. The standard InChI is InChI=1S/C27H20F3N5O3S/c1-15-7-9-16(10-8-15)18-13-20(27(28,29)30)32-26-21(18)22(23(39-26)24(31)36)33-25(37)19-11-12-35(34-19)14-38-17-5-3-2-4-6-17/h2-13H,14H2,1H3,(H2,31,36)(H,33,37). The number of para-hydroxylation sites is 1. The third-order valence-electron chi connectivity index (χ3n) is 5.76. The number of alkyl halides is 3. The van der Waals surface area contributed by atoms with E-state index < -0.39 is 23.7 Å². The summed E-state index contributed by atoms with van der Waals surface area (Å²) in [7, 11) is 0. The molecular formula is C27H20F3N5O3S. The van der Waals surface area contributed by atoms with E-state index in [0.29, 0.717) is 22.6 Å². The number of carbonyl (C=O) groups is 2. The van der Waals surface area contributed by atoms with Gasteiger partial charge in [-0.25, -0.2) is 9.67 Å². The van der Waals surface area contributed by atoms with Crippen molar-refractivity contribution in [1.29, 1.82) is 0 Å². The van der Waals surface area contributed by atoms with E-state index in [-0.39, 0.29) is 38.8 Å². The third kappa shape index (κ3) is 5.46. The smallest absolute Gasteiger partial charge is 0.433 e. The van der Waals surface area contributed by atoms with Crippen LogP contribution in [0.3, 0.4) is 0 Å².